The number of carbonyl (C=O) groups is 1. The highest BCUT2D eigenvalue weighted by Crippen LogP contribution is 2.29. The van der Waals surface area contributed by atoms with Crippen LogP contribution in [0.15, 0.2) is 36.4 Å². The predicted octanol–water partition coefficient (Wildman–Crippen LogP) is 3.39. The summed E-state index contributed by atoms with van der Waals surface area (Å²) < 4.78 is 7.22. The molecule has 7 heteroatoms. The minimum absolute atomic E-state index is 0.152. The zero-order chi connectivity index (χ0) is 19.1. The van der Waals surface area contributed by atoms with Gasteiger partial charge in [0.15, 0.2) is 5.65 Å². The van der Waals surface area contributed by atoms with Gasteiger partial charge < -0.3 is 9.30 Å². The van der Waals surface area contributed by atoms with Crippen LogP contribution in [-0.4, -0.2) is 32.8 Å². The van der Waals surface area contributed by atoms with Gasteiger partial charge in [-0.3, -0.25) is 10.1 Å². The number of amides is 1. The molecule has 7 nitrogen and oxygen atoms in total. The van der Waals surface area contributed by atoms with Crippen LogP contribution in [0.25, 0.3) is 22.1 Å². The average Bonchev–Trinajstić information content (AvgIpc) is 2.93. The molecule has 4 aromatic rings. The molecule has 0 saturated heterocycles. The Balaban J connectivity index is 1.78. The Hall–Kier alpha value is -3.48. The maximum atomic E-state index is 12.6. The van der Waals surface area contributed by atoms with E-state index in [1.54, 1.807) is 24.3 Å². The maximum absolute atomic E-state index is 12.6. The molecule has 27 heavy (non-hydrogen) atoms. The molecule has 0 atom stereocenters. The molecule has 0 bridgehead atoms. The Labute approximate surface area is 156 Å². The van der Waals surface area contributed by atoms with Crippen molar-refractivity contribution in [2.75, 3.05) is 12.4 Å². The van der Waals surface area contributed by atoms with Gasteiger partial charge in [-0.05, 0) is 37.6 Å². The summed E-state index contributed by atoms with van der Waals surface area (Å²) in [7, 11) is 3.46. The van der Waals surface area contributed by atoms with Crippen LogP contribution in [0.4, 0.5) is 5.95 Å². The minimum Gasteiger partial charge on any atom is -0.496 e. The molecule has 2 aromatic carbocycles. The van der Waals surface area contributed by atoms with E-state index in [2.05, 4.69) is 39.6 Å². The second kappa shape index (κ2) is 6.35. The van der Waals surface area contributed by atoms with Crippen LogP contribution in [0.2, 0.25) is 0 Å². The van der Waals surface area contributed by atoms with Crippen molar-refractivity contribution in [3.8, 4) is 5.75 Å². The molecular weight excluding hydrogens is 342 g/mol. The van der Waals surface area contributed by atoms with Crippen molar-refractivity contribution in [3.63, 3.8) is 0 Å². The number of hydrogen-bond acceptors (Lipinski definition) is 5. The maximum Gasteiger partial charge on any atom is 0.261 e. The number of anilines is 1. The van der Waals surface area contributed by atoms with Crippen LogP contribution in [0.1, 0.15) is 21.5 Å². The molecular formula is C20H19N5O2. The fraction of sp³-hybridized carbons (Fsp3) is 0.200. The first-order valence-electron chi connectivity index (χ1n) is 8.54. The fourth-order valence-electron chi connectivity index (χ4n) is 3.47. The van der Waals surface area contributed by atoms with Crippen molar-refractivity contribution < 1.29 is 9.53 Å². The smallest absolute Gasteiger partial charge is 0.261 e. The number of methoxy groups -OCH3 is 1. The molecule has 0 unspecified atom stereocenters. The lowest BCUT2D eigenvalue weighted by Gasteiger charge is -2.07. The first kappa shape index (κ1) is 17.0. The Morgan fingerprint density at radius 3 is 2.70 bits per heavy atom. The third kappa shape index (κ3) is 2.77. The third-order valence-corrected chi connectivity index (χ3v) is 4.60. The molecule has 2 heterocycles. The zero-order valence-electron chi connectivity index (χ0n) is 15.6. The van der Waals surface area contributed by atoms with Crippen molar-refractivity contribution >= 4 is 33.9 Å². The highest BCUT2D eigenvalue weighted by Gasteiger charge is 2.17. The van der Waals surface area contributed by atoms with Crippen LogP contribution in [0, 0.1) is 13.8 Å². The monoisotopic (exact) mass is 361 g/mol. The number of benzene rings is 2. The van der Waals surface area contributed by atoms with Crippen molar-refractivity contribution in [2.45, 2.75) is 13.8 Å². The number of para-hydroxylation sites is 1. The molecule has 0 fully saturated rings. The van der Waals surface area contributed by atoms with Crippen LogP contribution < -0.4 is 10.1 Å². The fourth-order valence-corrected chi connectivity index (χ4v) is 3.47. The lowest BCUT2D eigenvalue weighted by Crippen LogP contribution is -2.15. The van der Waals surface area contributed by atoms with E-state index in [-0.39, 0.29) is 11.9 Å². The summed E-state index contributed by atoms with van der Waals surface area (Å²) >= 11 is 0. The van der Waals surface area contributed by atoms with Crippen molar-refractivity contribution in [2.24, 2.45) is 7.05 Å². The van der Waals surface area contributed by atoms with Gasteiger partial charge in [-0.15, -0.1) is 10.2 Å². The van der Waals surface area contributed by atoms with E-state index >= 15 is 0 Å². The zero-order valence-corrected chi connectivity index (χ0v) is 15.6. The summed E-state index contributed by atoms with van der Waals surface area (Å²) in [6, 6.07) is 11.2. The van der Waals surface area contributed by atoms with Crippen LogP contribution in [0.3, 0.4) is 0 Å². The van der Waals surface area contributed by atoms with Gasteiger partial charge in [-0.25, -0.2) is 0 Å². The number of nitrogens with one attached hydrogen (secondary N) is 1. The molecule has 1 N–H and O–H groups in total. The molecule has 136 valence electrons. The summed E-state index contributed by atoms with van der Waals surface area (Å²) in [5.74, 6) is 0.290. The Morgan fingerprint density at radius 1 is 1.15 bits per heavy atom. The van der Waals surface area contributed by atoms with Crippen molar-refractivity contribution in [1.82, 2.24) is 19.7 Å². The number of nitrogens with zero attached hydrogens (tertiary/aromatic N) is 4. The SMILES string of the molecule is COc1ccccc1C(=O)Nc1nnc2c3cc(C)cc(C)c3n(C)c2n1. The van der Waals surface area contributed by atoms with E-state index in [1.807, 2.05) is 18.5 Å². The molecule has 0 aliphatic carbocycles. The summed E-state index contributed by atoms with van der Waals surface area (Å²) in [4.78, 5) is 17.1. The highest BCUT2D eigenvalue weighted by atomic mass is 16.5. The van der Waals surface area contributed by atoms with Crippen LogP contribution in [-0.2, 0) is 7.05 Å². The Morgan fingerprint density at radius 2 is 1.93 bits per heavy atom. The predicted molar refractivity (Wildman–Crippen MR) is 104 cm³/mol. The van der Waals surface area contributed by atoms with Gasteiger partial charge in [0, 0.05) is 12.4 Å². The van der Waals surface area contributed by atoms with Crippen LogP contribution in [0.5, 0.6) is 5.75 Å². The van der Waals surface area contributed by atoms with Crippen molar-refractivity contribution in [1.29, 1.82) is 0 Å². The van der Waals surface area contributed by atoms with Crippen LogP contribution >= 0.6 is 0 Å². The third-order valence-electron chi connectivity index (χ3n) is 4.60. The molecule has 0 spiro atoms. The topological polar surface area (TPSA) is 81.9 Å². The first-order valence-corrected chi connectivity index (χ1v) is 8.54. The lowest BCUT2D eigenvalue weighted by molar-refractivity contribution is 0.102. The van der Waals surface area contributed by atoms with Gasteiger partial charge in [0.2, 0.25) is 0 Å². The standard InChI is InChI=1S/C20H19N5O2/c1-11-9-12(2)17-14(10-11)16-18(25(17)3)21-20(24-23-16)22-19(26)13-7-5-6-8-15(13)27-4/h5-10H,1-4H3,(H,21,22,24,26). The number of aryl methyl sites for hydroxylation is 3. The number of carbonyl (C=O) groups excluding carboxylic acids is 1. The van der Waals surface area contributed by atoms with E-state index < -0.39 is 0 Å². The number of fused-ring (bicyclic) bond motifs is 3. The molecule has 0 saturated carbocycles. The van der Waals surface area contributed by atoms with E-state index in [0.29, 0.717) is 17.0 Å². The Bertz CT molecular complexity index is 1200. The van der Waals surface area contributed by atoms with Gasteiger partial charge in [-0.2, -0.15) is 4.98 Å². The summed E-state index contributed by atoms with van der Waals surface area (Å²) in [6.45, 7) is 4.11. The Kier molecular flexibility index (Phi) is 3.99. The lowest BCUT2D eigenvalue weighted by atomic mass is 10.1. The van der Waals surface area contributed by atoms with E-state index in [1.165, 1.54) is 7.11 Å². The average molecular weight is 361 g/mol. The molecule has 1 amide bonds. The van der Waals surface area contributed by atoms with E-state index in [9.17, 15) is 4.79 Å². The largest absolute Gasteiger partial charge is 0.496 e. The second-order valence-corrected chi connectivity index (χ2v) is 6.50. The van der Waals surface area contributed by atoms with Gasteiger partial charge in [0.25, 0.3) is 11.9 Å². The van der Waals surface area contributed by atoms with Gasteiger partial charge >= 0.3 is 0 Å². The van der Waals surface area contributed by atoms with Gasteiger partial charge in [-0.1, -0.05) is 23.8 Å². The molecule has 2 aromatic heterocycles. The van der Waals surface area contributed by atoms with E-state index in [0.717, 1.165) is 27.5 Å². The quantitative estimate of drug-likeness (QED) is 0.605. The van der Waals surface area contributed by atoms with Gasteiger partial charge in [0.1, 0.15) is 11.3 Å². The number of aromatic nitrogens is 4. The normalized spacial score (nSPS) is 11.1. The number of ether oxygens (including phenoxy) is 1. The highest BCUT2D eigenvalue weighted by molar-refractivity contribution is 6.07. The van der Waals surface area contributed by atoms with Crippen molar-refractivity contribution in [3.05, 3.63) is 53.1 Å². The summed E-state index contributed by atoms with van der Waals surface area (Å²) in [5, 5.41) is 12.1. The molecule has 4 rings (SSSR count). The first-order chi connectivity index (χ1) is 13.0. The van der Waals surface area contributed by atoms with Gasteiger partial charge in [0.05, 0.1) is 18.2 Å². The molecule has 0 aliphatic heterocycles. The summed E-state index contributed by atoms with van der Waals surface area (Å²) in [5.41, 5.74) is 5.16. The number of hydrogen-bond donors (Lipinski definition) is 1. The summed E-state index contributed by atoms with van der Waals surface area (Å²) in [6.07, 6.45) is 0. The minimum atomic E-state index is -0.348. The molecule has 0 radical (unpaired) electrons. The second-order valence-electron chi connectivity index (χ2n) is 6.50. The van der Waals surface area contributed by atoms with E-state index in [4.69, 9.17) is 4.74 Å². The number of rotatable bonds is 3. The molecule has 0 aliphatic rings.